The molecule has 2 aromatic rings. The first-order valence-electron chi connectivity index (χ1n) is 6.08. The van der Waals surface area contributed by atoms with Crippen molar-refractivity contribution in [1.29, 1.82) is 0 Å². The maximum atomic E-state index is 14.2. The van der Waals surface area contributed by atoms with Gasteiger partial charge in [-0.3, -0.25) is 0 Å². The molecule has 0 aliphatic carbocycles. The van der Waals surface area contributed by atoms with Crippen molar-refractivity contribution in [2.45, 2.75) is 0 Å². The minimum Gasteiger partial charge on any atom is -0.486 e. The Kier molecular flexibility index (Phi) is 3.02. The number of carboxylic acid groups (broad SMARTS) is 1. The summed E-state index contributed by atoms with van der Waals surface area (Å²) in [5, 5.41) is 8.94. The lowest BCUT2D eigenvalue weighted by Gasteiger charge is -2.19. The standard InChI is InChI=1S/C15H11FO4/c16-14-10(2-1-3-11(14)15(17)18)9-4-5-12-13(8-9)20-7-6-19-12/h1-5,8H,6-7H2,(H,17,18). The third-order valence-electron chi connectivity index (χ3n) is 3.08. The second-order valence-electron chi connectivity index (χ2n) is 4.33. The minimum absolute atomic E-state index is 0.224. The fourth-order valence-corrected chi connectivity index (χ4v) is 2.13. The van der Waals surface area contributed by atoms with E-state index in [1.54, 1.807) is 18.2 Å². The summed E-state index contributed by atoms with van der Waals surface area (Å²) in [4.78, 5) is 11.0. The van der Waals surface area contributed by atoms with Gasteiger partial charge in [-0.1, -0.05) is 18.2 Å². The van der Waals surface area contributed by atoms with Gasteiger partial charge in [0.1, 0.15) is 19.0 Å². The number of rotatable bonds is 2. The summed E-state index contributed by atoms with van der Waals surface area (Å²) in [5.41, 5.74) is 0.425. The van der Waals surface area contributed by atoms with Crippen molar-refractivity contribution in [3.8, 4) is 22.6 Å². The van der Waals surface area contributed by atoms with Crippen LogP contribution < -0.4 is 9.47 Å². The van der Waals surface area contributed by atoms with Gasteiger partial charge in [0.2, 0.25) is 0 Å². The number of ether oxygens (including phenoxy) is 2. The number of carboxylic acids is 1. The van der Waals surface area contributed by atoms with Gasteiger partial charge in [-0.15, -0.1) is 0 Å². The highest BCUT2D eigenvalue weighted by atomic mass is 19.1. The summed E-state index contributed by atoms with van der Waals surface area (Å²) in [6.07, 6.45) is 0. The van der Waals surface area contributed by atoms with Crippen LogP contribution in [0.3, 0.4) is 0 Å². The second kappa shape index (κ2) is 4.85. The fraction of sp³-hybridized carbons (Fsp3) is 0.133. The highest BCUT2D eigenvalue weighted by Gasteiger charge is 2.17. The largest absolute Gasteiger partial charge is 0.486 e. The van der Waals surface area contributed by atoms with Gasteiger partial charge < -0.3 is 14.6 Å². The zero-order valence-corrected chi connectivity index (χ0v) is 10.4. The average Bonchev–Trinajstić information content (AvgIpc) is 2.46. The van der Waals surface area contributed by atoms with E-state index in [1.165, 1.54) is 18.2 Å². The fourth-order valence-electron chi connectivity index (χ4n) is 2.13. The van der Waals surface area contributed by atoms with Crippen LogP contribution in [0.25, 0.3) is 11.1 Å². The number of halogens is 1. The van der Waals surface area contributed by atoms with Crippen LogP contribution in [0, 0.1) is 5.82 Å². The van der Waals surface area contributed by atoms with Crippen molar-refractivity contribution in [1.82, 2.24) is 0 Å². The first-order valence-corrected chi connectivity index (χ1v) is 6.08. The molecule has 0 saturated carbocycles. The van der Waals surface area contributed by atoms with Gasteiger partial charge in [-0.2, -0.15) is 0 Å². The van der Waals surface area contributed by atoms with Crippen molar-refractivity contribution < 1.29 is 23.8 Å². The van der Waals surface area contributed by atoms with E-state index in [2.05, 4.69) is 0 Å². The first kappa shape index (κ1) is 12.5. The molecular formula is C15H11FO4. The number of hydrogen-bond donors (Lipinski definition) is 1. The Morgan fingerprint density at radius 2 is 1.85 bits per heavy atom. The zero-order chi connectivity index (χ0) is 14.1. The van der Waals surface area contributed by atoms with E-state index in [0.717, 1.165) is 0 Å². The predicted molar refractivity (Wildman–Crippen MR) is 69.8 cm³/mol. The van der Waals surface area contributed by atoms with E-state index >= 15 is 0 Å². The highest BCUT2D eigenvalue weighted by molar-refractivity contribution is 5.90. The van der Waals surface area contributed by atoms with Crippen LogP contribution in [0.1, 0.15) is 10.4 Å². The summed E-state index contributed by atoms with van der Waals surface area (Å²) < 4.78 is 25.0. The van der Waals surface area contributed by atoms with Crippen LogP contribution in [0.15, 0.2) is 36.4 Å². The predicted octanol–water partition coefficient (Wildman–Crippen LogP) is 2.96. The van der Waals surface area contributed by atoms with Crippen molar-refractivity contribution >= 4 is 5.97 Å². The number of fused-ring (bicyclic) bond motifs is 1. The number of carbonyl (C=O) groups is 1. The summed E-state index contributed by atoms with van der Waals surface area (Å²) in [6, 6.07) is 9.30. The molecule has 1 heterocycles. The van der Waals surface area contributed by atoms with Gasteiger partial charge in [0.15, 0.2) is 11.5 Å². The molecule has 0 bridgehead atoms. The topological polar surface area (TPSA) is 55.8 Å². The molecule has 0 saturated heterocycles. The highest BCUT2D eigenvalue weighted by Crippen LogP contribution is 2.35. The van der Waals surface area contributed by atoms with Gasteiger partial charge in [0.25, 0.3) is 0 Å². The summed E-state index contributed by atoms with van der Waals surface area (Å²) >= 11 is 0. The number of hydrogen-bond acceptors (Lipinski definition) is 3. The molecule has 0 fully saturated rings. The molecule has 102 valence electrons. The molecule has 5 heteroatoms. The monoisotopic (exact) mass is 274 g/mol. The van der Waals surface area contributed by atoms with Gasteiger partial charge in [-0.05, 0) is 23.8 Å². The third-order valence-corrected chi connectivity index (χ3v) is 3.08. The van der Waals surface area contributed by atoms with Crippen LogP contribution in [-0.4, -0.2) is 24.3 Å². The quantitative estimate of drug-likeness (QED) is 0.914. The van der Waals surface area contributed by atoms with E-state index < -0.39 is 11.8 Å². The maximum Gasteiger partial charge on any atom is 0.338 e. The molecule has 1 N–H and O–H groups in total. The molecule has 0 unspecified atom stereocenters. The second-order valence-corrected chi connectivity index (χ2v) is 4.33. The minimum atomic E-state index is -1.29. The molecule has 0 amide bonds. The summed E-state index contributed by atoms with van der Waals surface area (Å²) in [6.45, 7) is 0.920. The number of aromatic carboxylic acids is 1. The molecule has 1 aliphatic heterocycles. The Bertz CT molecular complexity index is 682. The van der Waals surface area contributed by atoms with Crippen LogP contribution in [-0.2, 0) is 0 Å². The van der Waals surface area contributed by atoms with Gasteiger partial charge in [0.05, 0.1) is 5.56 Å². The van der Waals surface area contributed by atoms with E-state index in [1.807, 2.05) is 0 Å². The Morgan fingerprint density at radius 1 is 1.10 bits per heavy atom. The molecule has 1 aliphatic rings. The van der Waals surface area contributed by atoms with Crippen molar-refractivity contribution in [3.05, 3.63) is 47.8 Å². The molecule has 2 aromatic carbocycles. The molecule has 0 aromatic heterocycles. The van der Waals surface area contributed by atoms with Gasteiger partial charge >= 0.3 is 5.97 Å². The lowest BCUT2D eigenvalue weighted by molar-refractivity contribution is 0.0692. The SMILES string of the molecule is O=C(O)c1cccc(-c2ccc3c(c2)OCCO3)c1F. The molecule has 0 spiro atoms. The Balaban J connectivity index is 2.09. The van der Waals surface area contributed by atoms with Crippen LogP contribution in [0.2, 0.25) is 0 Å². The van der Waals surface area contributed by atoms with Gasteiger partial charge in [0, 0.05) is 5.56 Å². The molecule has 0 radical (unpaired) electrons. The lowest BCUT2D eigenvalue weighted by atomic mass is 10.0. The average molecular weight is 274 g/mol. The Hall–Kier alpha value is -2.56. The molecule has 0 atom stereocenters. The molecule has 20 heavy (non-hydrogen) atoms. The van der Waals surface area contributed by atoms with Crippen molar-refractivity contribution in [2.75, 3.05) is 13.2 Å². The first-order chi connectivity index (χ1) is 9.66. The van der Waals surface area contributed by atoms with E-state index in [9.17, 15) is 9.18 Å². The van der Waals surface area contributed by atoms with Gasteiger partial charge in [-0.25, -0.2) is 9.18 Å². The Morgan fingerprint density at radius 3 is 2.60 bits per heavy atom. The van der Waals surface area contributed by atoms with Crippen LogP contribution >= 0.6 is 0 Å². The van der Waals surface area contributed by atoms with Crippen LogP contribution in [0.5, 0.6) is 11.5 Å². The van der Waals surface area contributed by atoms with Crippen molar-refractivity contribution in [3.63, 3.8) is 0 Å². The summed E-state index contributed by atoms with van der Waals surface area (Å²) in [5.74, 6) is -0.901. The molecule has 3 rings (SSSR count). The van der Waals surface area contributed by atoms with Crippen LogP contribution in [0.4, 0.5) is 4.39 Å². The normalized spacial score (nSPS) is 13.1. The molecule has 4 nitrogen and oxygen atoms in total. The van der Waals surface area contributed by atoms with E-state index in [0.29, 0.717) is 30.3 Å². The summed E-state index contributed by atoms with van der Waals surface area (Å²) in [7, 11) is 0. The zero-order valence-electron chi connectivity index (χ0n) is 10.4. The lowest BCUT2D eigenvalue weighted by Crippen LogP contribution is -2.15. The smallest absolute Gasteiger partial charge is 0.338 e. The molecular weight excluding hydrogens is 263 g/mol. The third kappa shape index (κ3) is 2.07. The number of benzene rings is 2. The maximum absolute atomic E-state index is 14.2. The van der Waals surface area contributed by atoms with E-state index in [-0.39, 0.29) is 11.1 Å². The van der Waals surface area contributed by atoms with Crippen molar-refractivity contribution in [2.24, 2.45) is 0 Å². The van der Waals surface area contributed by atoms with E-state index in [4.69, 9.17) is 14.6 Å². The Labute approximate surface area is 114 Å².